The minimum Gasteiger partial charge on any atom is -0.319 e. The van der Waals surface area contributed by atoms with Crippen molar-refractivity contribution in [2.75, 3.05) is 26.7 Å². The zero-order chi connectivity index (χ0) is 13.8. The summed E-state index contributed by atoms with van der Waals surface area (Å²) >= 11 is 5.82. The highest BCUT2D eigenvalue weighted by Gasteiger charge is 2.24. The third-order valence-electron chi connectivity index (χ3n) is 3.50. The summed E-state index contributed by atoms with van der Waals surface area (Å²) in [6.07, 6.45) is 1.14. The van der Waals surface area contributed by atoms with Gasteiger partial charge in [-0.1, -0.05) is 11.6 Å². The zero-order valence-electron chi connectivity index (χ0n) is 10.9. The van der Waals surface area contributed by atoms with E-state index in [0.717, 1.165) is 31.6 Å². The van der Waals surface area contributed by atoms with E-state index in [1.54, 1.807) is 12.1 Å². The Morgan fingerprint density at radius 1 is 1.58 bits per heavy atom. The van der Waals surface area contributed by atoms with Crippen LogP contribution in [0.2, 0.25) is 5.02 Å². The maximum absolute atomic E-state index is 11.0. The molecule has 0 amide bonds. The fourth-order valence-electron chi connectivity index (χ4n) is 2.59. The summed E-state index contributed by atoms with van der Waals surface area (Å²) in [5.41, 5.74) is 0.851. The van der Waals surface area contributed by atoms with Crippen molar-refractivity contribution < 1.29 is 4.92 Å². The van der Waals surface area contributed by atoms with E-state index in [1.807, 2.05) is 7.05 Å². The number of nitro benzene ring substituents is 1. The van der Waals surface area contributed by atoms with Gasteiger partial charge in [0.2, 0.25) is 0 Å². The molecule has 1 heterocycles. The smallest absolute Gasteiger partial charge is 0.275 e. The van der Waals surface area contributed by atoms with Crippen LogP contribution in [0.15, 0.2) is 18.2 Å². The number of benzene rings is 1. The number of hydrogen-bond donors (Lipinski definition) is 1. The number of halogens is 1. The molecular formula is C13H18ClN3O2. The fourth-order valence-corrected chi connectivity index (χ4v) is 2.76. The van der Waals surface area contributed by atoms with Crippen LogP contribution in [0.1, 0.15) is 12.0 Å². The molecule has 1 aromatic carbocycles. The van der Waals surface area contributed by atoms with Crippen LogP contribution in [-0.2, 0) is 6.54 Å². The predicted molar refractivity (Wildman–Crippen MR) is 75.4 cm³/mol. The van der Waals surface area contributed by atoms with Gasteiger partial charge in [-0.3, -0.25) is 15.0 Å². The first-order valence-electron chi connectivity index (χ1n) is 6.40. The van der Waals surface area contributed by atoms with Crippen LogP contribution >= 0.6 is 11.6 Å². The number of nitro groups is 1. The van der Waals surface area contributed by atoms with Crippen molar-refractivity contribution >= 4 is 17.3 Å². The molecule has 6 heteroatoms. The molecule has 1 aliphatic rings. The first-order chi connectivity index (χ1) is 9.10. The van der Waals surface area contributed by atoms with Crippen LogP contribution in [0.4, 0.5) is 5.69 Å². The van der Waals surface area contributed by atoms with E-state index in [1.165, 1.54) is 6.07 Å². The van der Waals surface area contributed by atoms with Crippen molar-refractivity contribution in [3.05, 3.63) is 38.9 Å². The molecule has 1 atom stereocenters. The lowest BCUT2D eigenvalue weighted by Crippen LogP contribution is -2.24. The zero-order valence-corrected chi connectivity index (χ0v) is 11.7. The lowest BCUT2D eigenvalue weighted by molar-refractivity contribution is -0.385. The summed E-state index contributed by atoms with van der Waals surface area (Å²) in [6, 6.07) is 4.90. The van der Waals surface area contributed by atoms with Crippen LogP contribution in [0.5, 0.6) is 0 Å². The second kappa shape index (κ2) is 6.32. The molecule has 1 unspecified atom stereocenters. The number of hydrogen-bond acceptors (Lipinski definition) is 4. The Kier molecular flexibility index (Phi) is 4.74. The van der Waals surface area contributed by atoms with Gasteiger partial charge in [-0.25, -0.2) is 0 Å². The monoisotopic (exact) mass is 283 g/mol. The van der Waals surface area contributed by atoms with E-state index >= 15 is 0 Å². The van der Waals surface area contributed by atoms with Gasteiger partial charge < -0.3 is 5.32 Å². The summed E-state index contributed by atoms with van der Waals surface area (Å²) in [4.78, 5) is 12.9. The third kappa shape index (κ3) is 3.65. The highest BCUT2D eigenvalue weighted by Crippen LogP contribution is 2.26. The molecule has 0 aliphatic carbocycles. The Morgan fingerprint density at radius 2 is 2.37 bits per heavy atom. The Morgan fingerprint density at radius 3 is 3.05 bits per heavy atom. The van der Waals surface area contributed by atoms with Crippen molar-refractivity contribution in [2.45, 2.75) is 13.0 Å². The first-order valence-corrected chi connectivity index (χ1v) is 6.77. The highest BCUT2D eigenvalue weighted by atomic mass is 35.5. The average molecular weight is 284 g/mol. The van der Waals surface area contributed by atoms with Gasteiger partial charge in [-0.15, -0.1) is 0 Å². The molecule has 1 aliphatic heterocycles. The Balaban J connectivity index is 2.05. The highest BCUT2D eigenvalue weighted by molar-refractivity contribution is 6.30. The van der Waals surface area contributed by atoms with E-state index < -0.39 is 0 Å². The lowest BCUT2D eigenvalue weighted by atomic mass is 10.1. The molecular weight excluding hydrogens is 266 g/mol. The van der Waals surface area contributed by atoms with Crippen LogP contribution in [0.25, 0.3) is 0 Å². The van der Waals surface area contributed by atoms with Gasteiger partial charge in [0.1, 0.15) is 0 Å². The molecule has 1 aromatic rings. The third-order valence-corrected chi connectivity index (χ3v) is 3.74. The van der Waals surface area contributed by atoms with Crippen molar-refractivity contribution in [3.63, 3.8) is 0 Å². The van der Waals surface area contributed by atoms with E-state index in [-0.39, 0.29) is 10.6 Å². The van der Waals surface area contributed by atoms with Crippen molar-refractivity contribution in [2.24, 2.45) is 5.92 Å². The first kappa shape index (κ1) is 14.2. The topological polar surface area (TPSA) is 58.4 Å². The Labute approximate surface area is 117 Å². The van der Waals surface area contributed by atoms with Gasteiger partial charge in [0, 0.05) is 29.7 Å². The molecule has 1 saturated heterocycles. The molecule has 0 spiro atoms. The van der Waals surface area contributed by atoms with Crippen LogP contribution < -0.4 is 5.32 Å². The largest absolute Gasteiger partial charge is 0.319 e. The quantitative estimate of drug-likeness (QED) is 0.665. The second-order valence-electron chi connectivity index (χ2n) is 4.98. The minimum absolute atomic E-state index is 0.115. The molecule has 1 fully saturated rings. The van der Waals surface area contributed by atoms with Gasteiger partial charge >= 0.3 is 0 Å². The maximum Gasteiger partial charge on any atom is 0.275 e. The summed E-state index contributed by atoms with van der Waals surface area (Å²) in [7, 11) is 1.95. The summed E-state index contributed by atoms with van der Waals surface area (Å²) in [6.45, 7) is 3.60. The van der Waals surface area contributed by atoms with E-state index in [4.69, 9.17) is 11.6 Å². The lowest BCUT2D eigenvalue weighted by Gasteiger charge is -2.16. The summed E-state index contributed by atoms with van der Waals surface area (Å²) in [5.74, 6) is 0.636. The number of nitrogens with zero attached hydrogens (tertiary/aromatic N) is 2. The molecule has 0 aromatic heterocycles. The number of likely N-dealkylation sites (tertiary alicyclic amines) is 1. The summed E-state index contributed by atoms with van der Waals surface area (Å²) in [5, 5.41) is 14.6. The standard InChI is InChI=1S/C13H18ClN3O2/c1-15-7-10-4-5-16(8-10)9-11-2-3-12(14)6-13(11)17(18)19/h2-3,6,10,15H,4-5,7-9H2,1H3. The number of rotatable bonds is 5. The minimum atomic E-state index is -0.359. The predicted octanol–water partition coefficient (Wildman–Crippen LogP) is 2.29. The van der Waals surface area contributed by atoms with E-state index in [2.05, 4.69) is 10.2 Å². The summed E-state index contributed by atoms with van der Waals surface area (Å²) < 4.78 is 0. The fraction of sp³-hybridized carbons (Fsp3) is 0.538. The SMILES string of the molecule is CNCC1CCN(Cc2ccc(Cl)cc2[N+](=O)[O-])C1. The molecule has 19 heavy (non-hydrogen) atoms. The molecule has 0 saturated carbocycles. The Bertz CT molecular complexity index is 467. The van der Waals surface area contributed by atoms with Crippen LogP contribution in [0, 0.1) is 16.0 Å². The number of nitrogens with one attached hydrogen (secondary N) is 1. The average Bonchev–Trinajstić information content (AvgIpc) is 2.79. The van der Waals surface area contributed by atoms with Gasteiger partial charge in [-0.05, 0) is 44.6 Å². The Hall–Kier alpha value is -1.17. The molecule has 104 valence electrons. The van der Waals surface area contributed by atoms with Crippen molar-refractivity contribution in [1.29, 1.82) is 0 Å². The van der Waals surface area contributed by atoms with E-state index in [0.29, 0.717) is 17.5 Å². The molecule has 0 bridgehead atoms. The van der Waals surface area contributed by atoms with Gasteiger partial charge in [0.15, 0.2) is 0 Å². The van der Waals surface area contributed by atoms with E-state index in [9.17, 15) is 10.1 Å². The molecule has 5 nitrogen and oxygen atoms in total. The van der Waals surface area contributed by atoms with Gasteiger partial charge in [0.05, 0.1) is 4.92 Å². The normalized spacial score (nSPS) is 19.8. The van der Waals surface area contributed by atoms with Gasteiger partial charge in [-0.2, -0.15) is 0 Å². The maximum atomic E-state index is 11.0. The molecule has 0 radical (unpaired) electrons. The molecule has 2 rings (SSSR count). The van der Waals surface area contributed by atoms with Gasteiger partial charge in [0.25, 0.3) is 5.69 Å². The van der Waals surface area contributed by atoms with Crippen LogP contribution in [0.3, 0.4) is 0 Å². The second-order valence-corrected chi connectivity index (χ2v) is 5.41. The van der Waals surface area contributed by atoms with Crippen molar-refractivity contribution in [1.82, 2.24) is 10.2 Å². The van der Waals surface area contributed by atoms with Crippen molar-refractivity contribution in [3.8, 4) is 0 Å². The van der Waals surface area contributed by atoms with Crippen LogP contribution in [-0.4, -0.2) is 36.5 Å². The molecule has 1 N–H and O–H groups in total.